The summed E-state index contributed by atoms with van der Waals surface area (Å²) >= 11 is 0. The highest BCUT2D eigenvalue weighted by molar-refractivity contribution is 4.85. The van der Waals surface area contributed by atoms with E-state index in [2.05, 4.69) is 26.1 Å². The lowest BCUT2D eigenvalue weighted by molar-refractivity contribution is 0.245. The van der Waals surface area contributed by atoms with Crippen LogP contribution in [0.1, 0.15) is 78.6 Å². The van der Waals surface area contributed by atoms with Crippen molar-refractivity contribution in [3.63, 3.8) is 0 Å². The van der Waals surface area contributed by atoms with E-state index in [4.69, 9.17) is 0 Å². The van der Waals surface area contributed by atoms with Gasteiger partial charge in [0, 0.05) is 12.1 Å². The van der Waals surface area contributed by atoms with Crippen molar-refractivity contribution in [3.8, 4) is 0 Å². The molecule has 2 saturated carbocycles. The predicted octanol–water partition coefficient (Wildman–Crippen LogP) is 4.51. The average Bonchev–Trinajstić information content (AvgIpc) is 2.44. The van der Waals surface area contributed by atoms with Gasteiger partial charge in [0.15, 0.2) is 0 Å². The number of rotatable bonds is 2. The lowest BCUT2D eigenvalue weighted by atomic mass is 9.84. The van der Waals surface area contributed by atoms with Gasteiger partial charge in [-0.1, -0.05) is 40.0 Å². The van der Waals surface area contributed by atoms with E-state index in [1.807, 2.05) is 0 Å². The van der Waals surface area contributed by atoms with E-state index in [0.717, 1.165) is 18.0 Å². The zero-order valence-electron chi connectivity index (χ0n) is 12.1. The lowest BCUT2D eigenvalue weighted by Crippen LogP contribution is -2.43. The van der Waals surface area contributed by atoms with Crippen LogP contribution in [-0.4, -0.2) is 12.1 Å². The molecule has 17 heavy (non-hydrogen) atoms. The quantitative estimate of drug-likeness (QED) is 0.697. The molecule has 0 aromatic heterocycles. The summed E-state index contributed by atoms with van der Waals surface area (Å²) in [5.41, 5.74) is 0.592. The van der Waals surface area contributed by atoms with Crippen molar-refractivity contribution in [2.45, 2.75) is 90.6 Å². The summed E-state index contributed by atoms with van der Waals surface area (Å²) in [5, 5.41) is 3.99. The largest absolute Gasteiger partial charge is 0.311 e. The fourth-order valence-corrected chi connectivity index (χ4v) is 3.69. The van der Waals surface area contributed by atoms with Crippen molar-refractivity contribution in [2.24, 2.45) is 11.3 Å². The van der Waals surface area contributed by atoms with E-state index in [0.29, 0.717) is 5.41 Å². The normalized spacial score (nSPS) is 38.6. The Kier molecular flexibility index (Phi) is 4.52. The molecular formula is C16H31N. The van der Waals surface area contributed by atoms with E-state index in [1.165, 1.54) is 57.8 Å². The molecule has 0 saturated heterocycles. The molecular weight excluding hydrogens is 206 g/mol. The zero-order valence-corrected chi connectivity index (χ0v) is 12.1. The molecule has 1 nitrogen and oxygen atoms in total. The first kappa shape index (κ1) is 13.4. The van der Waals surface area contributed by atoms with Gasteiger partial charge in [-0.3, -0.25) is 0 Å². The number of nitrogens with one attached hydrogen (secondary N) is 1. The molecule has 3 unspecified atom stereocenters. The highest BCUT2D eigenvalue weighted by atomic mass is 15.0. The van der Waals surface area contributed by atoms with Crippen LogP contribution >= 0.6 is 0 Å². The Hall–Kier alpha value is -0.0400. The van der Waals surface area contributed by atoms with E-state index in [9.17, 15) is 0 Å². The van der Waals surface area contributed by atoms with Crippen molar-refractivity contribution in [3.05, 3.63) is 0 Å². The summed E-state index contributed by atoms with van der Waals surface area (Å²) in [7, 11) is 0. The molecule has 2 rings (SSSR count). The third-order valence-electron chi connectivity index (χ3n) is 5.14. The molecule has 2 aliphatic carbocycles. The summed E-state index contributed by atoms with van der Waals surface area (Å²) in [6, 6.07) is 1.62. The fraction of sp³-hybridized carbons (Fsp3) is 1.00. The van der Waals surface area contributed by atoms with Crippen LogP contribution in [0.5, 0.6) is 0 Å². The van der Waals surface area contributed by atoms with Crippen LogP contribution < -0.4 is 5.32 Å². The topological polar surface area (TPSA) is 12.0 Å². The van der Waals surface area contributed by atoms with Gasteiger partial charge in [-0.25, -0.2) is 0 Å². The maximum Gasteiger partial charge on any atom is 0.00952 e. The zero-order chi connectivity index (χ0) is 12.3. The molecule has 1 heteroatoms. The van der Waals surface area contributed by atoms with Gasteiger partial charge in [0.05, 0.1) is 0 Å². The number of hydrogen-bond acceptors (Lipinski definition) is 1. The number of hydrogen-bond donors (Lipinski definition) is 1. The smallest absolute Gasteiger partial charge is 0.00952 e. The maximum absolute atomic E-state index is 3.99. The van der Waals surface area contributed by atoms with Gasteiger partial charge in [0.25, 0.3) is 0 Å². The Labute approximate surface area is 108 Å². The van der Waals surface area contributed by atoms with Gasteiger partial charge in [-0.05, 0) is 49.9 Å². The first-order valence-corrected chi connectivity index (χ1v) is 7.83. The molecule has 1 N–H and O–H groups in total. The Bertz CT molecular complexity index is 234. The van der Waals surface area contributed by atoms with Crippen LogP contribution in [-0.2, 0) is 0 Å². The van der Waals surface area contributed by atoms with Gasteiger partial charge in [-0.2, -0.15) is 0 Å². The Morgan fingerprint density at radius 2 is 1.65 bits per heavy atom. The third kappa shape index (κ3) is 3.98. The van der Waals surface area contributed by atoms with Crippen molar-refractivity contribution < 1.29 is 0 Å². The van der Waals surface area contributed by atoms with E-state index in [1.54, 1.807) is 0 Å². The molecule has 0 bridgehead atoms. The molecule has 0 radical (unpaired) electrons. The predicted molar refractivity (Wildman–Crippen MR) is 75.2 cm³/mol. The lowest BCUT2D eigenvalue weighted by Gasteiger charge is -2.33. The molecule has 0 aliphatic heterocycles. The minimum atomic E-state index is 0.592. The highest BCUT2D eigenvalue weighted by Crippen LogP contribution is 2.34. The Morgan fingerprint density at radius 1 is 0.882 bits per heavy atom. The first-order valence-electron chi connectivity index (χ1n) is 7.83. The first-order chi connectivity index (χ1) is 8.07. The molecule has 0 aromatic rings. The van der Waals surface area contributed by atoms with E-state index >= 15 is 0 Å². The average molecular weight is 237 g/mol. The van der Waals surface area contributed by atoms with Crippen molar-refractivity contribution >= 4 is 0 Å². The summed E-state index contributed by atoms with van der Waals surface area (Å²) < 4.78 is 0. The molecule has 0 amide bonds. The second-order valence-corrected chi connectivity index (χ2v) is 7.33. The van der Waals surface area contributed by atoms with Gasteiger partial charge in [0.2, 0.25) is 0 Å². The Morgan fingerprint density at radius 3 is 2.41 bits per heavy atom. The molecule has 0 heterocycles. The standard InChI is InChI=1S/C16H31N/c1-13-7-4-5-9-15(13)17-14-8-6-11-16(2,3)12-10-14/h13-15,17H,4-12H2,1-3H3. The van der Waals surface area contributed by atoms with Gasteiger partial charge >= 0.3 is 0 Å². The third-order valence-corrected chi connectivity index (χ3v) is 5.14. The van der Waals surface area contributed by atoms with Crippen LogP contribution in [0.2, 0.25) is 0 Å². The second kappa shape index (κ2) is 5.73. The summed E-state index contributed by atoms with van der Waals surface area (Å²) in [6.07, 6.45) is 12.8. The van der Waals surface area contributed by atoms with Crippen LogP contribution in [0, 0.1) is 11.3 Å². The van der Waals surface area contributed by atoms with Crippen molar-refractivity contribution in [2.75, 3.05) is 0 Å². The molecule has 2 aliphatic rings. The minimum Gasteiger partial charge on any atom is -0.311 e. The highest BCUT2D eigenvalue weighted by Gasteiger charge is 2.27. The van der Waals surface area contributed by atoms with Gasteiger partial charge < -0.3 is 5.32 Å². The van der Waals surface area contributed by atoms with Crippen molar-refractivity contribution in [1.82, 2.24) is 5.32 Å². The SMILES string of the molecule is CC1CCCCC1NC1CCCC(C)(C)CC1. The van der Waals surface area contributed by atoms with Gasteiger partial charge in [-0.15, -0.1) is 0 Å². The van der Waals surface area contributed by atoms with Crippen LogP contribution in [0.15, 0.2) is 0 Å². The second-order valence-electron chi connectivity index (χ2n) is 7.33. The van der Waals surface area contributed by atoms with Crippen LogP contribution in [0.25, 0.3) is 0 Å². The van der Waals surface area contributed by atoms with E-state index in [-0.39, 0.29) is 0 Å². The van der Waals surface area contributed by atoms with Crippen LogP contribution in [0.3, 0.4) is 0 Å². The molecule has 0 spiro atoms. The fourth-order valence-electron chi connectivity index (χ4n) is 3.69. The summed E-state index contributed by atoms with van der Waals surface area (Å²) in [5.74, 6) is 0.903. The molecule has 2 fully saturated rings. The van der Waals surface area contributed by atoms with Crippen molar-refractivity contribution in [1.29, 1.82) is 0 Å². The minimum absolute atomic E-state index is 0.592. The maximum atomic E-state index is 3.99. The van der Waals surface area contributed by atoms with Crippen LogP contribution in [0.4, 0.5) is 0 Å². The van der Waals surface area contributed by atoms with Gasteiger partial charge in [0.1, 0.15) is 0 Å². The molecule has 0 aromatic carbocycles. The Balaban J connectivity index is 1.82. The molecule has 3 atom stereocenters. The summed E-state index contributed by atoms with van der Waals surface area (Å²) in [6.45, 7) is 7.33. The summed E-state index contributed by atoms with van der Waals surface area (Å²) in [4.78, 5) is 0. The van der Waals surface area contributed by atoms with E-state index < -0.39 is 0 Å². The monoisotopic (exact) mass is 237 g/mol. The molecule has 100 valence electrons.